The lowest BCUT2D eigenvalue weighted by Gasteiger charge is -2.12. The van der Waals surface area contributed by atoms with Gasteiger partial charge in [-0.05, 0) is 47.0 Å². The molecule has 0 aliphatic heterocycles. The molecule has 1 heterocycles. The number of nitrogen functional groups attached to an aromatic ring is 1. The van der Waals surface area contributed by atoms with Crippen molar-refractivity contribution >= 4 is 21.7 Å². The Labute approximate surface area is 108 Å². The summed E-state index contributed by atoms with van der Waals surface area (Å²) in [5.74, 6) is 1.85. The number of benzene rings is 1. The lowest BCUT2D eigenvalue weighted by molar-refractivity contribution is 0.411. The maximum atomic E-state index is 5.57. The number of anilines is 1. The maximum Gasteiger partial charge on any atom is 0.169 e. The standard InChI is InChI=1S/C12H13BrN2O2/c1-6-4-9(16-3)12(13)7(2)11(6)8-5-10(14)15-17-8/h4-5H,1-3H3,(H2,14,15). The number of aromatic nitrogens is 1. The molecule has 1 aromatic carbocycles. The van der Waals surface area contributed by atoms with Crippen molar-refractivity contribution in [2.45, 2.75) is 13.8 Å². The van der Waals surface area contributed by atoms with Crippen LogP contribution in [0.2, 0.25) is 0 Å². The zero-order valence-electron chi connectivity index (χ0n) is 9.87. The Balaban J connectivity index is 2.66. The first kappa shape index (κ1) is 12.0. The van der Waals surface area contributed by atoms with Crippen molar-refractivity contribution in [1.82, 2.24) is 5.16 Å². The molecule has 0 radical (unpaired) electrons. The summed E-state index contributed by atoms with van der Waals surface area (Å²) >= 11 is 3.51. The third-order valence-corrected chi connectivity index (χ3v) is 3.64. The van der Waals surface area contributed by atoms with E-state index in [9.17, 15) is 0 Å². The van der Waals surface area contributed by atoms with Gasteiger partial charge in [0.1, 0.15) is 5.75 Å². The number of aryl methyl sites for hydroxylation is 1. The van der Waals surface area contributed by atoms with Crippen molar-refractivity contribution in [3.63, 3.8) is 0 Å². The summed E-state index contributed by atoms with van der Waals surface area (Å²) in [5, 5.41) is 3.70. The molecule has 0 unspecified atom stereocenters. The molecule has 0 spiro atoms. The molecule has 4 nitrogen and oxygen atoms in total. The molecule has 0 bridgehead atoms. The van der Waals surface area contributed by atoms with Crippen LogP contribution in [0.5, 0.6) is 5.75 Å². The first-order valence-corrected chi connectivity index (χ1v) is 5.90. The van der Waals surface area contributed by atoms with Crippen LogP contribution in [-0.4, -0.2) is 12.3 Å². The Morgan fingerprint density at radius 2 is 2.06 bits per heavy atom. The van der Waals surface area contributed by atoms with Gasteiger partial charge in [0, 0.05) is 11.6 Å². The fourth-order valence-electron chi connectivity index (χ4n) is 1.86. The van der Waals surface area contributed by atoms with Gasteiger partial charge in [-0.25, -0.2) is 0 Å². The van der Waals surface area contributed by atoms with Gasteiger partial charge in [0.05, 0.1) is 11.6 Å². The van der Waals surface area contributed by atoms with E-state index in [1.165, 1.54) is 0 Å². The van der Waals surface area contributed by atoms with Gasteiger partial charge in [-0.3, -0.25) is 0 Å². The molecular formula is C12H13BrN2O2. The molecule has 2 N–H and O–H groups in total. The molecule has 0 saturated carbocycles. The highest BCUT2D eigenvalue weighted by Crippen LogP contribution is 2.38. The van der Waals surface area contributed by atoms with Crippen LogP contribution in [0.25, 0.3) is 11.3 Å². The van der Waals surface area contributed by atoms with Crippen molar-refractivity contribution in [1.29, 1.82) is 0 Å². The average Bonchev–Trinajstić information content (AvgIpc) is 2.70. The van der Waals surface area contributed by atoms with Crippen LogP contribution in [0.15, 0.2) is 21.1 Å². The van der Waals surface area contributed by atoms with E-state index in [0.717, 1.165) is 26.9 Å². The van der Waals surface area contributed by atoms with Crippen molar-refractivity contribution in [2.75, 3.05) is 12.8 Å². The highest BCUT2D eigenvalue weighted by molar-refractivity contribution is 9.10. The average molecular weight is 297 g/mol. The number of nitrogens with two attached hydrogens (primary N) is 1. The molecule has 17 heavy (non-hydrogen) atoms. The van der Waals surface area contributed by atoms with Gasteiger partial charge in [0.2, 0.25) is 0 Å². The SMILES string of the molecule is COc1cc(C)c(-c2cc(N)no2)c(C)c1Br. The van der Waals surface area contributed by atoms with Gasteiger partial charge < -0.3 is 15.0 Å². The Morgan fingerprint density at radius 3 is 2.59 bits per heavy atom. The van der Waals surface area contributed by atoms with E-state index in [1.54, 1.807) is 13.2 Å². The summed E-state index contributed by atoms with van der Waals surface area (Å²) in [4.78, 5) is 0. The van der Waals surface area contributed by atoms with Crippen LogP contribution < -0.4 is 10.5 Å². The summed E-state index contributed by atoms with van der Waals surface area (Å²) in [6, 6.07) is 3.67. The van der Waals surface area contributed by atoms with Crippen LogP contribution in [0, 0.1) is 13.8 Å². The number of hydrogen-bond acceptors (Lipinski definition) is 4. The number of nitrogens with zero attached hydrogens (tertiary/aromatic N) is 1. The molecule has 0 fully saturated rings. The lowest BCUT2D eigenvalue weighted by atomic mass is 10.00. The number of halogens is 1. The van der Waals surface area contributed by atoms with Crippen LogP contribution in [0.3, 0.4) is 0 Å². The monoisotopic (exact) mass is 296 g/mol. The molecule has 5 heteroatoms. The quantitative estimate of drug-likeness (QED) is 0.923. The highest BCUT2D eigenvalue weighted by Gasteiger charge is 2.16. The molecule has 0 amide bonds. The Morgan fingerprint density at radius 1 is 1.35 bits per heavy atom. The van der Waals surface area contributed by atoms with Gasteiger partial charge in [-0.1, -0.05) is 5.16 Å². The molecule has 2 aromatic rings. The largest absolute Gasteiger partial charge is 0.496 e. The molecule has 0 aliphatic carbocycles. The highest BCUT2D eigenvalue weighted by atomic mass is 79.9. The van der Waals surface area contributed by atoms with Crippen LogP contribution >= 0.6 is 15.9 Å². The minimum Gasteiger partial charge on any atom is -0.496 e. The van der Waals surface area contributed by atoms with Crippen LogP contribution in [-0.2, 0) is 0 Å². The second kappa shape index (κ2) is 4.41. The minimum absolute atomic E-state index is 0.380. The van der Waals surface area contributed by atoms with Gasteiger partial charge in [-0.2, -0.15) is 0 Å². The number of hydrogen-bond donors (Lipinski definition) is 1. The van der Waals surface area contributed by atoms with Crippen LogP contribution in [0.4, 0.5) is 5.82 Å². The maximum absolute atomic E-state index is 5.57. The van der Waals surface area contributed by atoms with Crippen LogP contribution in [0.1, 0.15) is 11.1 Å². The fourth-order valence-corrected chi connectivity index (χ4v) is 2.33. The second-order valence-electron chi connectivity index (χ2n) is 3.83. The lowest BCUT2D eigenvalue weighted by Crippen LogP contribution is -1.93. The van der Waals surface area contributed by atoms with Gasteiger partial charge in [-0.15, -0.1) is 0 Å². The van der Waals surface area contributed by atoms with Gasteiger partial charge in [0.25, 0.3) is 0 Å². The number of methoxy groups -OCH3 is 1. The Hall–Kier alpha value is -1.49. The van der Waals surface area contributed by atoms with E-state index in [2.05, 4.69) is 21.1 Å². The summed E-state index contributed by atoms with van der Waals surface area (Å²) < 4.78 is 11.4. The molecular weight excluding hydrogens is 284 g/mol. The smallest absolute Gasteiger partial charge is 0.169 e. The predicted molar refractivity (Wildman–Crippen MR) is 70.1 cm³/mol. The first-order valence-electron chi connectivity index (χ1n) is 5.11. The normalized spacial score (nSPS) is 10.6. The fraction of sp³-hybridized carbons (Fsp3) is 0.250. The molecule has 0 aliphatic rings. The van der Waals surface area contributed by atoms with Crippen molar-refractivity contribution in [2.24, 2.45) is 0 Å². The van der Waals surface area contributed by atoms with E-state index in [1.807, 2.05) is 19.9 Å². The van der Waals surface area contributed by atoms with Gasteiger partial charge in [0.15, 0.2) is 11.6 Å². The minimum atomic E-state index is 0.380. The topological polar surface area (TPSA) is 61.3 Å². The first-order chi connectivity index (χ1) is 8.04. The second-order valence-corrected chi connectivity index (χ2v) is 4.62. The van der Waals surface area contributed by atoms with Gasteiger partial charge >= 0.3 is 0 Å². The zero-order chi connectivity index (χ0) is 12.6. The molecule has 90 valence electrons. The third-order valence-electron chi connectivity index (χ3n) is 2.66. The van der Waals surface area contributed by atoms with E-state index in [-0.39, 0.29) is 0 Å². The number of ether oxygens (including phenoxy) is 1. The third kappa shape index (κ3) is 2.02. The summed E-state index contributed by atoms with van der Waals surface area (Å²) in [6.07, 6.45) is 0. The summed E-state index contributed by atoms with van der Waals surface area (Å²) in [6.45, 7) is 3.99. The van der Waals surface area contributed by atoms with E-state index >= 15 is 0 Å². The van der Waals surface area contributed by atoms with Crippen molar-refractivity contribution in [3.05, 3.63) is 27.7 Å². The number of rotatable bonds is 2. The summed E-state index contributed by atoms with van der Waals surface area (Å²) in [5.41, 5.74) is 8.65. The summed E-state index contributed by atoms with van der Waals surface area (Å²) in [7, 11) is 1.64. The van der Waals surface area contributed by atoms with Crippen molar-refractivity contribution < 1.29 is 9.26 Å². The van der Waals surface area contributed by atoms with E-state index in [4.69, 9.17) is 15.0 Å². The van der Waals surface area contributed by atoms with E-state index in [0.29, 0.717) is 11.6 Å². The molecule has 1 aromatic heterocycles. The zero-order valence-corrected chi connectivity index (χ0v) is 11.5. The Kier molecular flexibility index (Phi) is 3.11. The van der Waals surface area contributed by atoms with E-state index < -0.39 is 0 Å². The molecule has 2 rings (SSSR count). The van der Waals surface area contributed by atoms with Crippen molar-refractivity contribution in [3.8, 4) is 17.1 Å². The predicted octanol–water partition coefficient (Wildman–Crippen LogP) is 3.31. The Bertz CT molecular complexity index is 564. The molecule has 0 atom stereocenters. The molecule has 0 saturated heterocycles.